The molecule has 1 fully saturated rings. The Morgan fingerprint density at radius 2 is 1.93 bits per heavy atom. The number of nitrogens with zero attached hydrogens (tertiary/aromatic N) is 4. The minimum atomic E-state index is -3.04. The third-order valence-corrected chi connectivity index (χ3v) is 6.68. The van der Waals surface area contributed by atoms with Gasteiger partial charge in [0.2, 0.25) is 23.6 Å². The van der Waals surface area contributed by atoms with E-state index in [0.29, 0.717) is 48.2 Å². The third kappa shape index (κ3) is 7.38. The van der Waals surface area contributed by atoms with E-state index in [1.807, 2.05) is 11.2 Å². The predicted molar refractivity (Wildman–Crippen MR) is 150 cm³/mol. The first-order chi connectivity index (χ1) is 19.2. The number of ether oxygens (including phenoxy) is 2. The van der Waals surface area contributed by atoms with Crippen LogP contribution >= 0.6 is 11.8 Å². The molecule has 1 aromatic heterocycles. The Kier molecular flexibility index (Phi) is 9.38. The number of piperazine rings is 1. The molecule has 2 aromatic carbocycles. The quantitative estimate of drug-likeness (QED) is 0.253. The van der Waals surface area contributed by atoms with Crippen LogP contribution in [0.15, 0.2) is 66.2 Å². The van der Waals surface area contributed by atoms with Gasteiger partial charge in [-0.3, -0.25) is 9.59 Å². The second-order valence-corrected chi connectivity index (χ2v) is 9.42. The highest BCUT2D eigenvalue weighted by atomic mass is 32.2. The Morgan fingerprint density at radius 3 is 2.60 bits per heavy atom. The van der Waals surface area contributed by atoms with Crippen LogP contribution < -0.4 is 25.0 Å². The van der Waals surface area contributed by atoms with Gasteiger partial charge in [-0.15, -0.1) is 11.8 Å². The van der Waals surface area contributed by atoms with Crippen molar-refractivity contribution in [3.8, 4) is 17.4 Å². The van der Waals surface area contributed by atoms with Crippen molar-refractivity contribution in [3.63, 3.8) is 0 Å². The number of anilines is 4. The summed E-state index contributed by atoms with van der Waals surface area (Å²) in [6, 6.07) is 11.7. The molecule has 2 amide bonds. The van der Waals surface area contributed by atoms with Gasteiger partial charge >= 0.3 is 6.61 Å². The smallest absolute Gasteiger partial charge is 0.387 e. The average Bonchev–Trinajstić information content (AvgIpc) is 2.94. The van der Waals surface area contributed by atoms with Gasteiger partial charge in [0.25, 0.3) is 0 Å². The maximum atomic E-state index is 13.3. The summed E-state index contributed by atoms with van der Waals surface area (Å²) >= 11 is 1.36. The molecule has 1 saturated heterocycles. The number of hydrogen-bond acceptors (Lipinski definition) is 9. The number of halogens is 2. The second kappa shape index (κ2) is 13.1. The van der Waals surface area contributed by atoms with Gasteiger partial charge in [-0.05, 0) is 36.6 Å². The van der Waals surface area contributed by atoms with Crippen molar-refractivity contribution < 1.29 is 27.8 Å². The number of hydrogen-bond donors (Lipinski definition) is 2. The van der Waals surface area contributed by atoms with E-state index in [1.54, 1.807) is 47.5 Å². The summed E-state index contributed by atoms with van der Waals surface area (Å²) < 4.78 is 37.4. The van der Waals surface area contributed by atoms with Gasteiger partial charge in [-0.25, -0.2) is 4.98 Å². The molecule has 4 rings (SSSR count). The first-order valence-corrected chi connectivity index (χ1v) is 13.5. The molecule has 1 aliphatic heterocycles. The predicted octanol–water partition coefficient (Wildman–Crippen LogP) is 5.13. The maximum Gasteiger partial charge on any atom is 0.387 e. The van der Waals surface area contributed by atoms with Crippen LogP contribution in [0.25, 0.3) is 0 Å². The summed E-state index contributed by atoms with van der Waals surface area (Å²) in [7, 11) is 0. The molecule has 2 heterocycles. The highest BCUT2D eigenvalue weighted by molar-refractivity contribution is 7.98. The lowest BCUT2D eigenvalue weighted by molar-refractivity contribution is -0.129. The number of carbonyl (C=O) groups is 2. The Balaban J connectivity index is 1.55. The highest BCUT2D eigenvalue weighted by Gasteiger charge is 2.21. The fraction of sp³-hybridized carbons (Fsp3) is 0.259. The molecule has 40 heavy (non-hydrogen) atoms. The molecule has 0 radical (unpaired) electrons. The van der Waals surface area contributed by atoms with E-state index in [2.05, 4.69) is 27.2 Å². The Hall–Kier alpha value is -4.39. The number of benzene rings is 2. The summed E-state index contributed by atoms with van der Waals surface area (Å²) in [5.74, 6) is 0.315. The molecule has 3 aromatic rings. The van der Waals surface area contributed by atoms with Gasteiger partial charge in [-0.2, -0.15) is 13.8 Å². The third-order valence-electron chi connectivity index (χ3n) is 5.96. The van der Waals surface area contributed by atoms with Crippen molar-refractivity contribution in [1.29, 1.82) is 0 Å². The topological polar surface area (TPSA) is 109 Å². The molecule has 0 aliphatic carbocycles. The lowest BCUT2D eigenvalue weighted by atomic mass is 10.2. The van der Waals surface area contributed by atoms with E-state index in [4.69, 9.17) is 9.47 Å². The van der Waals surface area contributed by atoms with Crippen molar-refractivity contribution in [2.45, 2.75) is 18.4 Å². The van der Waals surface area contributed by atoms with Crippen molar-refractivity contribution in [1.82, 2.24) is 14.9 Å². The van der Waals surface area contributed by atoms with Crippen molar-refractivity contribution in [3.05, 3.63) is 61.3 Å². The first-order valence-electron chi connectivity index (χ1n) is 12.2. The molecular formula is C27H28F2N6O4S. The number of alkyl halides is 2. The summed E-state index contributed by atoms with van der Waals surface area (Å²) in [6.45, 7) is 4.14. The summed E-state index contributed by atoms with van der Waals surface area (Å²) in [5.41, 5.74) is 1.44. The van der Waals surface area contributed by atoms with Crippen LogP contribution in [0.4, 0.5) is 31.8 Å². The molecule has 13 heteroatoms. The zero-order valence-electron chi connectivity index (χ0n) is 21.9. The lowest BCUT2D eigenvalue weighted by Crippen LogP contribution is -2.48. The number of carbonyl (C=O) groups excluding carboxylic acids is 2. The van der Waals surface area contributed by atoms with Gasteiger partial charge in [0.15, 0.2) is 5.75 Å². The van der Waals surface area contributed by atoms with E-state index in [-0.39, 0.29) is 35.1 Å². The summed E-state index contributed by atoms with van der Waals surface area (Å²) in [6.07, 6.45) is 4.55. The average molecular weight is 571 g/mol. The number of aromatic nitrogens is 2. The number of thioether (sulfide) groups is 1. The Bertz CT molecular complexity index is 1380. The maximum absolute atomic E-state index is 13.3. The summed E-state index contributed by atoms with van der Waals surface area (Å²) in [4.78, 5) is 36.4. The van der Waals surface area contributed by atoms with Crippen LogP contribution in [0.2, 0.25) is 0 Å². The van der Waals surface area contributed by atoms with Crippen molar-refractivity contribution >= 4 is 46.6 Å². The molecule has 1 aliphatic rings. The minimum absolute atomic E-state index is 0.00364. The number of rotatable bonds is 10. The molecular weight excluding hydrogens is 542 g/mol. The van der Waals surface area contributed by atoms with E-state index in [1.165, 1.54) is 24.8 Å². The molecule has 0 bridgehead atoms. The van der Waals surface area contributed by atoms with Crippen LogP contribution in [-0.2, 0) is 9.59 Å². The van der Waals surface area contributed by atoms with E-state index in [0.717, 1.165) is 6.08 Å². The monoisotopic (exact) mass is 570 g/mol. The lowest BCUT2D eigenvalue weighted by Gasteiger charge is -2.35. The number of amides is 2. The van der Waals surface area contributed by atoms with Crippen LogP contribution in [-0.4, -0.2) is 65.7 Å². The Morgan fingerprint density at radius 1 is 1.15 bits per heavy atom. The fourth-order valence-corrected chi connectivity index (χ4v) is 4.40. The van der Waals surface area contributed by atoms with Crippen LogP contribution in [0.1, 0.15) is 6.92 Å². The molecule has 10 nitrogen and oxygen atoms in total. The van der Waals surface area contributed by atoms with Gasteiger partial charge in [0, 0.05) is 62.8 Å². The van der Waals surface area contributed by atoms with Crippen LogP contribution in [0, 0.1) is 0 Å². The second-order valence-electron chi connectivity index (χ2n) is 8.57. The van der Waals surface area contributed by atoms with Gasteiger partial charge in [0.1, 0.15) is 5.75 Å². The van der Waals surface area contributed by atoms with Gasteiger partial charge < -0.3 is 29.9 Å². The van der Waals surface area contributed by atoms with Crippen LogP contribution in [0.3, 0.4) is 0 Å². The highest BCUT2D eigenvalue weighted by Crippen LogP contribution is 2.35. The standard InChI is InChI=1S/C27H28F2N6O4S/c1-4-24(37)31-18-6-5-7-20(14-18)38-25-23(40-3)16-30-27(33-25)32-21-9-8-19(15-22(21)39-26(28)29)35-12-10-34(11-13-35)17(2)36/h4-9,14-16,26H,1,10-13H2,2-3H3,(H,31,37)(H,30,32,33). The minimum Gasteiger partial charge on any atom is -0.438 e. The Labute approximate surface area is 234 Å². The van der Waals surface area contributed by atoms with E-state index in [9.17, 15) is 18.4 Å². The first kappa shape index (κ1) is 28.6. The van der Waals surface area contributed by atoms with Crippen LogP contribution in [0.5, 0.6) is 17.4 Å². The van der Waals surface area contributed by atoms with E-state index < -0.39 is 6.61 Å². The molecule has 2 N–H and O–H groups in total. The molecule has 0 spiro atoms. The fourth-order valence-electron chi connectivity index (χ4n) is 3.98. The molecule has 0 unspecified atom stereocenters. The molecule has 0 atom stereocenters. The normalized spacial score (nSPS) is 13.1. The van der Waals surface area contributed by atoms with E-state index >= 15 is 0 Å². The SMILES string of the molecule is C=CC(=O)Nc1cccc(Oc2nc(Nc3ccc(N4CCN(C(C)=O)CC4)cc3OC(F)F)ncc2SC)c1. The van der Waals surface area contributed by atoms with Gasteiger partial charge in [0.05, 0.1) is 10.6 Å². The van der Waals surface area contributed by atoms with Crippen molar-refractivity contribution in [2.75, 3.05) is 48.0 Å². The molecule has 0 saturated carbocycles. The number of nitrogens with one attached hydrogen (secondary N) is 2. The summed E-state index contributed by atoms with van der Waals surface area (Å²) in [5, 5.41) is 5.61. The zero-order valence-corrected chi connectivity index (χ0v) is 22.7. The zero-order chi connectivity index (χ0) is 28.6. The largest absolute Gasteiger partial charge is 0.438 e. The van der Waals surface area contributed by atoms with Gasteiger partial charge in [-0.1, -0.05) is 12.6 Å². The molecule has 210 valence electrons. The van der Waals surface area contributed by atoms with Crippen molar-refractivity contribution in [2.24, 2.45) is 0 Å².